The number of nitrogens with one attached hydrogen (secondary N) is 2. The molecule has 4 N–H and O–H groups in total. The predicted octanol–water partition coefficient (Wildman–Crippen LogP) is 5.36. The van der Waals surface area contributed by atoms with Crippen LogP contribution in [0.15, 0.2) is 103 Å². The van der Waals surface area contributed by atoms with Crippen LogP contribution in [0.2, 0.25) is 0 Å². The lowest BCUT2D eigenvalue weighted by Gasteiger charge is -2.20. The molecule has 5 rings (SSSR count). The number of benzene rings is 4. The van der Waals surface area contributed by atoms with Crippen LogP contribution in [-0.2, 0) is 16.1 Å². The van der Waals surface area contributed by atoms with E-state index in [0.717, 1.165) is 27.8 Å². The predicted molar refractivity (Wildman–Crippen MR) is 140 cm³/mol. The van der Waals surface area contributed by atoms with Crippen LogP contribution in [0, 0.1) is 0 Å². The normalized spacial score (nSPS) is 12.8. The molecule has 1 atom stereocenters. The number of hydrogen-bond acceptors (Lipinski definition) is 4. The molecule has 180 valence electrons. The fourth-order valence-electron chi connectivity index (χ4n) is 4.64. The quantitative estimate of drug-likeness (QED) is 0.334. The number of nitrogens with two attached hydrogens (primary N) is 1. The van der Waals surface area contributed by atoms with Gasteiger partial charge in [-0.2, -0.15) is 0 Å². The van der Waals surface area contributed by atoms with E-state index in [1.165, 1.54) is 0 Å². The number of alkyl carbamates (subject to hydrolysis) is 1. The summed E-state index contributed by atoms with van der Waals surface area (Å²) in [6.07, 6.45) is -0.653. The molecule has 36 heavy (non-hydrogen) atoms. The highest BCUT2D eigenvalue weighted by atomic mass is 16.5. The van der Waals surface area contributed by atoms with E-state index in [1.807, 2.05) is 54.6 Å². The molecule has 1 aliphatic rings. The first-order valence-electron chi connectivity index (χ1n) is 11.9. The Hall–Kier alpha value is -4.42. The van der Waals surface area contributed by atoms with E-state index < -0.39 is 12.1 Å². The summed E-state index contributed by atoms with van der Waals surface area (Å²) in [6.45, 7) is 0.591. The van der Waals surface area contributed by atoms with Crippen molar-refractivity contribution in [3.05, 3.63) is 125 Å². The number of carbonyl (C=O) groups excluding carboxylic acids is 2. The zero-order chi connectivity index (χ0) is 24.9. The molecule has 0 heterocycles. The topological polar surface area (TPSA) is 93.5 Å². The van der Waals surface area contributed by atoms with Gasteiger partial charge in [-0.15, -0.1) is 0 Å². The zero-order valence-corrected chi connectivity index (χ0v) is 19.7. The van der Waals surface area contributed by atoms with Crippen molar-refractivity contribution in [1.29, 1.82) is 0 Å². The van der Waals surface area contributed by atoms with Gasteiger partial charge in [0.05, 0.1) is 0 Å². The summed E-state index contributed by atoms with van der Waals surface area (Å²) in [5, 5.41) is 5.62. The van der Waals surface area contributed by atoms with Gasteiger partial charge in [0.1, 0.15) is 12.6 Å². The summed E-state index contributed by atoms with van der Waals surface area (Å²) in [7, 11) is 0. The second-order valence-corrected chi connectivity index (χ2v) is 8.70. The van der Waals surface area contributed by atoms with E-state index in [2.05, 4.69) is 34.9 Å². The van der Waals surface area contributed by atoms with E-state index in [9.17, 15) is 9.59 Å². The third-order valence-electron chi connectivity index (χ3n) is 6.46. The molecule has 0 radical (unpaired) electrons. The lowest BCUT2D eigenvalue weighted by molar-refractivity contribution is -0.118. The van der Waals surface area contributed by atoms with Crippen LogP contribution in [0.1, 0.15) is 34.2 Å². The van der Waals surface area contributed by atoms with Crippen molar-refractivity contribution < 1.29 is 14.3 Å². The Morgan fingerprint density at radius 2 is 1.36 bits per heavy atom. The number of amides is 2. The second kappa shape index (κ2) is 10.5. The molecule has 4 aromatic rings. The third-order valence-corrected chi connectivity index (χ3v) is 6.46. The maximum atomic E-state index is 13.2. The fourth-order valence-corrected chi connectivity index (χ4v) is 4.64. The van der Waals surface area contributed by atoms with Crippen LogP contribution in [0.5, 0.6) is 0 Å². The molecule has 6 nitrogen and oxygen atoms in total. The molecule has 0 saturated heterocycles. The van der Waals surface area contributed by atoms with Gasteiger partial charge in [0.2, 0.25) is 0 Å². The molecule has 6 heteroatoms. The van der Waals surface area contributed by atoms with E-state index in [4.69, 9.17) is 10.5 Å². The Morgan fingerprint density at radius 1 is 0.778 bits per heavy atom. The molecule has 1 aliphatic carbocycles. The first kappa shape index (κ1) is 23.3. The highest BCUT2D eigenvalue weighted by molar-refractivity contribution is 5.97. The summed E-state index contributed by atoms with van der Waals surface area (Å²) in [5.74, 6) is -0.427. The lowest BCUT2D eigenvalue weighted by Crippen LogP contribution is -2.37. The number of ether oxygens (including phenoxy) is 1. The maximum Gasteiger partial charge on any atom is 0.408 e. The van der Waals surface area contributed by atoms with Gasteiger partial charge in [-0.05, 0) is 45.5 Å². The molecule has 2 amide bonds. The Kier molecular flexibility index (Phi) is 6.78. The summed E-state index contributed by atoms with van der Waals surface area (Å²) >= 11 is 0. The third kappa shape index (κ3) is 4.85. The molecule has 0 aromatic heterocycles. The maximum absolute atomic E-state index is 13.2. The summed E-state index contributed by atoms with van der Waals surface area (Å²) < 4.78 is 5.68. The van der Waals surface area contributed by atoms with Gasteiger partial charge in [0.15, 0.2) is 0 Å². The van der Waals surface area contributed by atoms with Crippen molar-refractivity contribution in [3.8, 4) is 11.1 Å². The molecule has 0 unspecified atom stereocenters. The minimum atomic E-state index is -0.920. The minimum absolute atomic E-state index is 0.0618. The van der Waals surface area contributed by atoms with Crippen LogP contribution in [0.3, 0.4) is 0 Å². The van der Waals surface area contributed by atoms with Gasteiger partial charge in [0, 0.05) is 18.2 Å². The van der Waals surface area contributed by atoms with Crippen LogP contribution < -0.4 is 16.4 Å². The van der Waals surface area contributed by atoms with Crippen molar-refractivity contribution in [2.45, 2.75) is 18.5 Å². The molecule has 0 aliphatic heterocycles. The summed E-state index contributed by atoms with van der Waals surface area (Å²) in [6, 6.07) is 31.8. The Labute approximate surface area is 210 Å². The molecule has 0 spiro atoms. The van der Waals surface area contributed by atoms with Crippen LogP contribution in [0.4, 0.5) is 10.5 Å². The first-order chi connectivity index (χ1) is 17.6. The van der Waals surface area contributed by atoms with Crippen LogP contribution in [-0.4, -0.2) is 18.6 Å². The van der Waals surface area contributed by atoms with Crippen molar-refractivity contribution in [1.82, 2.24) is 5.32 Å². The summed E-state index contributed by atoms with van der Waals surface area (Å²) in [5.41, 5.74) is 12.5. The lowest BCUT2D eigenvalue weighted by atomic mass is 9.98. The molecule has 0 bridgehead atoms. The minimum Gasteiger partial charge on any atom is -0.449 e. The van der Waals surface area contributed by atoms with Crippen molar-refractivity contribution in [2.75, 3.05) is 11.9 Å². The molecule has 0 saturated carbocycles. The number of hydrogen-bond donors (Lipinski definition) is 3. The van der Waals surface area contributed by atoms with Crippen molar-refractivity contribution in [3.63, 3.8) is 0 Å². The smallest absolute Gasteiger partial charge is 0.408 e. The monoisotopic (exact) mass is 477 g/mol. The van der Waals surface area contributed by atoms with Gasteiger partial charge in [-0.3, -0.25) is 4.79 Å². The van der Waals surface area contributed by atoms with E-state index in [0.29, 0.717) is 17.8 Å². The number of fused-ring (bicyclic) bond motifs is 3. The summed E-state index contributed by atoms with van der Waals surface area (Å²) in [4.78, 5) is 26.1. The van der Waals surface area contributed by atoms with E-state index in [1.54, 1.807) is 24.3 Å². The van der Waals surface area contributed by atoms with Gasteiger partial charge >= 0.3 is 6.09 Å². The van der Waals surface area contributed by atoms with Gasteiger partial charge in [0.25, 0.3) is 5.91 Å². The molecule has 0 fully saturated rings. The van der Waals surface area contributed by atoms with Gasteiger partial charge in [-0.25, -0.2) is 4.79 Å². The Bertz CT molecular complexity index is 1320. The van der Waals surface area contributed by atoms with Crippen LogP contribution >= 0.6 is 0 Å². The number of anilines is 1. The number of rotatable bonds is 7. The SMILES string of the molecule is NCc1ccc(NC(=O)[C@@H](NC(=O)OCC2c3ccccc3-c3ccccc32)c2ccccc2)cc1. The second-order valence-electron chi connectivity index (χ2n) is 8.70. The van der Waals surface area contributed by atoms with Crippen molar-refractivity contribution in [2.24, 2.45) is 5.73 Å². The largest absolute Gasteiger partial charge is 0.449 e. The zero-order valence-electron chi connectivity index (χ0n) is 19.7. The Morgan fingerprint density at radius 3 is 1.97 bits per heavy atom. The highest BCUT2D eigenvalue weighted by Gasteiger charge is 2.30. The molecular weight excluding hydrogens is 450 g/mol. The average Bonchev–Trinajstić information content (AvgIpc) is 3.25. The van der Waals surface area contributed by atoms with Gasteiger partial charge in [-0.1, -0.05) is 91.0 Å². The fraction of sp³-hybridized carbons (Fsp3) is 0.133. The van der Waals surface area contributed by atoms with Gasteiger partial charge < -0.3 is 21.1 Å². The molecule has 4 aromatic carbocycles. The van der Waals surface area contributed by atoms with E-state index >= 15 is 0 Å². The highest BCUT2D eigenvalue weighted by Crippen LogP contribution is 2.44. The average molecular weight is 478 g/mol. The number of carbonyl (C=O) groups is 2. The van der Waals surface area contributed by atoms with Crippen LogP contribution in [0.25, 0.3) is 11.1 Å². The molecular formula is C30H27N3O3. The van der Waals surface area contributed by atoms with Crippen molar-refractivity contribution >= 4 is 17.7 Å². The standard InChI is InChI=1S/C30H27N3O3/c31-18-20-14-16-22(17-15-20)32-29(34)28(21-8-2-1-3-9-21)33-30(35)36-19-27-25-12-6-4-10-23(25)24-11-5-7-13-26(24)27/h1-17,27-28H,18-19,31H2,(H,32,34)(H,33,35)/t28-/m0/s1. The Balaban J connectivity index is 1.30. The first-order valence-corrected chi connectivity index (χ1v) is 11.9. The van der Waals surface area contributed by atoms with E-state index in [-0.39, 0.29) is 18.4 Å².